The number of amides is 2. The predicted octanol–water partition coefficient (Wildman–Crippen LogP) is 5.26. The van der Waals surface area contributed by atoms with Gasteiger partial charge in [-0.1, -0.05) is 5.16 Å². The predicted molar refractivity (Wildman–Crippen MR) is 125 cm³/mol. The molecule has 0 saturated carbocycles. The lowest BCUT2D eigenvalue weighted by atomic mass is 10.1. The summed E-state index contributed by atoms with van der Waals surface area (Å²) in [5.41, 5.74) is 4.58. The number of aromatic nitrogens is 2. The van der Waals surface area contributed by atoms with Gasteiger partial charge in [0.2, 0.25) is 5.91 Å². The van der Waals surface area contributed by atoms with Crippen LogP contribution < -0.4 is 10.2 Å². The average Bonchev–Trinajstić information content (AvgIpc) is 3.46. The summed E-state index contributed by atoms with van der Waals surface area (Å²) < 4.78 is 5.41. The summed E-state index contributed by atoms with van der Waals surface area (Å²) in [6.45, 7) is 6.62. The number of carbonyl (C=O) groups is 2. The summed E-state index contributed by atoms with van der Waals surface area (Å²) in [7, 11) is 0. The van der Waals surface area contributed by atoms with Gasteiger partial charge < -0.3 is 14.7 Å². The monoisotopic (exact) mass is 446 g/mol. The van der Waals surface area contributed by atoms with Crippen LogP contribution in [0.25, 0.3) is 22.4 Å². The maximum atomic E-state index is 13.3. The van der Waals surface area contributed by atoms with Crippen molar-refractivity contribution < 1.29 is 14.1 Å². The molecule has 0 radical (unpaired) electrons. The van der Waals surface area contributed by atoms with Crippen LogP contribution in [0.1, 0.15) is 38.6 Å². The molecule has 8 heteroatoms. The molecule has 1 aliphatic heterocycles. The molecule has 1 aromatic carbocycles. The van der Waals surface area contributed by atoms with Gasteiger partial charge in [-0.05, 0) is 63.6 Å². The molecule has 5 rings (SSSR count). The quantitative estimate of drug-likeness (QED) is 0.462. The van der Waals surface area contributed by atoms with Crippen molar-refractivity contribution in [1.29, 1.82) is 0 Å². The van der Waals surface area contributed by atoms with Crippen LogP contribution in [-0.2, 0) is 4.79 Å². The molecule has 1 aliphatic rings. The standard InChI is InChI=1S/C24H22N4O3S/c1-13-11-18(15(3)32-13)20-12-19(22-14(2)27-31-24(22)26-20)23(30)25-16-6-8-17(9-7-16)28-10-4-5-21(28)29/h6-9,11-12H,4-5,10H2,1-3H3,(H,25,30). The Labute approximate surface area is 189 Å². The molecule has 1 N–H and O–H groups in total. The zero-order chi connectivity index (χ0) is 22.4. The van der Waals surface area contributed by atoms with Crippen molar-refractivity contribution in [3.8, 4) is 11.3 Å². The number of hydrogen-bond donors (Lipinski definition) is 1. The molecule has 0 unspecified atom stereocenters. The van der Waals surface area contributed by atoms with Crippen molar-refractivity contribution in [2.45, 2.75) is 33.6 Å². The molecule has 7 nitrogen and oxygen atoms in total. The molecule has 0 spiro atoms. The van der Waals surface area contributed by atoms with E-state index < -0.39 is 0 Å². The Balaban J connectivity index is 1.48. The summed E-state index contributed by atoms with van der Waals surface area (Å²) in [5.74, 6) is -0.130. The number of anilines is 2. The molecular weight excluding hydrogens is 424 g/mol. The minimum absolute atomic E-state index is 0.135. The first-order valence-corrected chi connectivity index (χ1v) is 11.3. The van der Waals surface area contributed by atoms with Crippen LogP contribution in [-0.4, -0.2) is 28.5 Å². The lowest BCUT2D eigenvalue weighted by Crippen LogP contribution is -2.23. The van der Waals surface area contributed by atoms with Gasteiger partial charge in [0, 0.05) is 39.7 Å². The Morgan fingerprint density at radius 1 is 1.16 bits per heavy atom. The van der Waals surface area contributed by atoms with Crippen molar-refractivity contribution in [1.82, 2.24) is 10.1 Å². The third-order valence-electron chi connectivity index (χ3n) is 5.69. The van der Waals surface area contributed by atoms with Crippen molar-refractivity contribution in [2.75, 3.05) is 16.8 Å². The maximum absolute atomic E-state index is 13.3. The molecule has 3 aromatic heterocycles. The second-order valence-electron chi connectivity index (χ2n) is 7.98. The van der Waals surface area contributed by atoms with E-state index in [9.17, 15) is 9.59 Å². The van der Waals surface area contributed by atoms with Crippen molar-refractivity contribution in [3.63, 3.8) is 0 Å². The highest BCUT2D eigenvalue weighted by atomic mass is 32.1. The third kappa shape index (κ3) is 3.56. The lowest BCUT2D eigenvalue weighted by Gasteiger charge is -2.16. The van der Waals surface area contributed by atoms with E-state index in [2.05, 4.69) is 21.5 Å². The molecule has 1 saturated heterocycles. The molecular formula is C24H22N4O3S. The maximum Gasteiger partial charge on any atom is 0.259 e. The Kier molecular flexibility index (Phi) is 5.01. The fourth-order valence-corrected chi connectivity index (χ4v) is 5.07. The Morgan fingerprint density at radius 3 is 2.59 bits per heavy atom. The van der Waals surface area contributed by atoms with Crippen LogP contribution >= 0.6 is 11.3 Å². The van der Waals surface area contributed by atoms with Crippen LogP contribution in [0, 0.1) is 20.8 Å². The largest absolute Gasteiger partial charge is 0.335 e. The molecule has 1 fully saturated rings. The van der Waals surface area contributed by atoms with E-state index in [0.717, 1.165) is 29.1 Å². The summed E-state index contributed by atoms with van der Waals surface area (Å²) in [5, 5.41) is 7.58. The number of pyridine rings is 1. The highest BCUT2D eigenvalue weighted by Gasteiger charge is 2.23. The molecule has 0 atom stereocenters. The summed E-state index contributed by atoms with van der Waals surface area (Å²) in [6.07, 6.45) is 1.46. The van der Waals surface area contributed by atoms with Crippen molar-refractivity contribution in [3.05, 3.63) is 57.4 Å². The summed E-state index contributed by atoms with van der Waals surface area (Å²) in [6, 6.07) is 11.2. The zero-order valence-electron chi connectivity index (χ0n) is 18.1. The average molecular weight is 447 g/mol. The minimum Gasteiger partial charge on any atom is -0.335 e. The van der Waals surface area contributed by atoms with Crippen LogP contribution in [0.2, 0.25) is 0 Å². The Morgan fingerprint density at radius 2 is 1.94 bits per heavy atom. The first kappa shape index (κ1) is 20.4. The van der Waals surface area contributed by atoms with Gasteiger partial charge in [-0.3, -0.25) is 9.59 Å². The van der Waals surface area contributed by atoms with Crippen LogP contribution in [0.4, 0.5) is 11.4 Å². The van der Waals surface area contributed by atoms with E-state index in [4.69, 9.17) is 4.52 Å². The van der Waals surface area contributed by atoms with Gasteiger partial charge in [-0.2, -0.15) is 0 Å². The van der Waals surface area contributed by atoms with Gasteiger partial charge in [0.05, 0.1) is 22.3 Å². The topological polar surface area (TPSA) is 88.3 Å². The third-order valence-corrected chi connectivity index (χ3v) is 6.65. The summed E-state index contributed by atoms with van der Waals surface area (Å²) >= 11 is 1.69. The van der Waals surface area contributed by atoms with E-state index in [1.165, 1.54) is 4.88 Å². The van der Waals surface area contributed by atoms with Gasteiger partial charge >= 0.3 is 0 Å². The van der Waals surface area contributed by atoms with E-state index in [-0.39, 0.29) is 11.8 Å². The molecule has 162 valence electrons. The first-order chi connectivity index (χ1) is 15.4. The molecule has 4 aromatic rings. The smallest absolute Gasteiger partial charge is 0.259 e. The van der Waals surface area contributed by atoms with Crippen LogP contribution in [0.15, 0.2) is 40.9 Å². The first-order valence-electron chi connectivity index (χ1n) is 10.5. The van der Waals surface area contributed by atoms with Crippen LogP contribution in [0.3, 0.4) is 0 Å². The van der Waals surface area contributed by atoms with E-state index in [1.54, 1.807) is 29.2 Å². The van der Waals surface area contributed by atoms with Gasteiger partial charge in [0.25, 0.3) is 11.6 Å². The highest BCUT2D eigenvalue weighted by molar-refractivity contribution is 7.12. The number of aryl methyl sites for hydroxylation is 3. The molecule has 0 aliphatic carbocycles. The second-order valence-corrected chi connectivity index (χ2v) is 9.44. The number of nitrogens with zero attached hydrogens (tertiary/aromatic N) is 3. The van der Waals surface area contributed by atoms with Gasteiger partial charge in [0.15, 0.2) is 0 Å². The minimum atomic E-state index is -0.264. The number of carbonyl (C=O) groups excluding carboxylic acids is 2. The van der Waals surface area contributed by atoms with E-state index in [1.807, 2.05) is 38.1 Å². The van der Waals surface area contributed by atoms with Gasteiger partial charge in [0.1, 0.15) is 0 Å². The normalized spacial score (nSPS) is 13.8. The second kappa shape index (κ2) is 7.87. The van der Waals surface area contributed by atoms with Gasteiger partial charge in [-0.25, -0.2) is 4.98 Å². The zero-order valence-corrected chi connectivity index (χ0v) is 18.9. The van der Waals surface area contributed by atoms with Crippen molar-refractivity contribution >= 4 is 45.6 Å². The number of nitrogens with one attached hydrogen (secondary N) is 1. The van der Waals surface area contributed by atoms with Gasteiger partial charge in [-0.15, -0.1) is 11.3 Å². The van der Waals surface area contributed by atoms with Crippen molar-refractivity contribution in [2.24, 2.45) is 0 Å². The Bertz CT molecular complexity index is 1350. The Hall–Kier alpha value is -3.52. The molecule has 32 heavy (non-hydrogen) atoms. The molecule has 0 bridgehead atoms. The number of benzene rings is 1. The number of hydrogen-bond acceptors (Lipinski definition) is 6. The fourth-order valence-electron chi connectivity index (χ4n) is 4.14. The highest BCUT2D eigenvalue weighted by Crippen LogP contribution is 2.33. The number of thiophene rings is 1. The summed E-state index contributed by atoms with van der Waals surface area (Å²) in [4.78, 5) is 33.9. The fraction of sp³-hybridized carbons (Fsp3) is 0.250. The SMILES string of the molecule is Cc1cc(-c2cc(C(=O)Nc3ccc(N4CCCC4=O)cc3)c3c(C)noc3n2)c(C)s1. The van der Waals surface area contributed by atoms with Crippen LogP contribution in [0.5, 0.6) is 0 Å². The number of fused-ring (bicyclic) bond motifs is 1. The molecule has 4 heterocycles. The lowest BCUT2D eigenvalue weighted by molar-refractivity contribution is -0.117. The number of rotatable bonds is 4. The molecule has 2 amide bonds. The van der Waals surface area contributed by atoms with E-state index in [0.29, 0.717) is 40.2 Å². The van der Waals surface area contributed by atoms with E-state index >= 15 is 0 Å².